The fourth-order valence-corrected chi connectivity index (χ4v) is 2.19. The van der Waals surface area contributed by atoms with E-state index in [0.717, 1.165) is 31.2 Å². The lowest BCUT2D eigenvalue weighted by molar-refractivity contribution is 0.413. The van der Waals surface area contributed by atoms with Crippen LogP contribution in [0.15, 0.2) is 12.3 Å². The van der Waals surface area contributed by atoms with Gasteiger partial charge in [0.2, 0.25) is 0 Å². The number of hydrogen-bond acceptors (Lipinski definition) is 3. The summed E-state index contributed by atoms with van der Waals surface area (Å²) in [5.41, 5.74) is 5.63. The number of aryl methyl sites for hydroxylation is 1. The van der Waals surface area contributed by atoms with E-state index < -0.39 is 0 Å². The number of rotatable bonds is 9. The van der Waals surface area contributed by atoms with Gasteiger partial charge in [-0.15, -0.1) is 0 Å². The third-order valence-corrected chi connectivity index (χ3v) is 3.08. The number of nitrogens with two attached hydrogens (primary N) is 1. The number of nitrogens with one attached hydrogen (secondary N) is 1. The SMILES string of the molecule is CCCC(CCN)CCCNc1ccn(C)n1. The monoisotopic (exact) mass is 238 g/mol. The van der Waals surface area contributed by atoms with E-state index in [0.29, 0.717) is 0 Å². The first-order valence-corrected chi connectivity index (χ1v) is 6.69. The van der Waals surface area contributed by atoms with Crippen molar-refractivity contribution in [2.24, 2.45) is 18.7 Å². The normalized spacial score (nSPS) is 12.6. The maximum atomic E-state index is 5.63. The Balaban J connectivity index is 2.13. The molecule has 0 bridgehead atoms. The summed E-state index contributed by atoms with van der Waals surface area (Å²) in [6.45, 7) is 4.07. The van der Waals surface area contributed by atoms with Gasteiger partial charge in [0.1, 0.15) is 5.82 Å². The second kappa shape index (κ2) is 8.12. The van der Waals surface area contributed by atoms with E-state index in [9.17, 15) is 0 Å². The van der Waals surface area contributed by atoms with Crippen molar-refractivity contribution >= 4 is 5.82 Å². The number of aromatic nitrogens is 2. The Hall–Kier alpha value is -1.03. The van der Waals surface area contributed by atoms with Crippen molar-refractivity contribution in [2.75, 3.05) is 18.4 Å². The Morgan fingerprint density at radius 2 is 2.24 bits per heavy atom. The molecule has 98 valence electrons. The number of nitrogens with zero attached hydrogens (tertiary/aromatic N) is 2. The zero-order chi connectivity index (χ0) is 12.5. The van der Waals surface area contributed by atoms with Gasteiger partial charge in [-0.05, 0) is 31.7 Å². The molecule has 0 radical (unpaired) electrons. The summed E-state index contributed by atoms with van der Waals surface area (Å²) >= 11 is 0. The lowest BCUT2D eigenvalue weighted by atomic mass is 9.94. The first kappa shape index (κ1) is 14.0. The van der Waals surface area contributed by atoms with Gasteiger partial charge in [-0.2, -0.15) is 5.10 Å². The smallest absolute Gasteiger partial charge is 0.147 e. The van der Waals surface area contributed by atoms with Gasteiger partial charge in [0, 0.05) is 25.9 Å². The van der Waals surface area contributed by atoms with Crippen molar-refractivity contribution in [3.63, 3.8) is 0 Å². The largest absolute Gasteiger partial charge is 0.369 e. The molecule has 17 heavy (non-hydrogen) atoms. The molecule has 3 N–H and O–H groups in total. The fraction of sp³-hybridized carbons (Fsp3) is 0.769. The van der Waals surface area contributed by atoms with Crippen LogP contribution in [0, 0.1) is 5.92 Å². The lowest BCUT2D eigenvalue weighted by Crippen LogP contribution is -2.11. The van der Waals surface area contributed by atoms with Gasteiger partial charge in [0.05, 0.1) is 0 Å². The molecule has 1 aromatic heterocycles. The molecular weight excluding hydrogens is 212 g/mol. The molecule has 1 unspecified atom stereocenters. The summed E-state index contributed by atoms with van der Waals surface area (Å²) in [4.78, 5) is 0. The Morgan fingerprint density at radius 3 is 2.82 bits per heavy atom. The predicted octanol–water partition coefficient (Wildman–Crippen LogP) is 2.38. The van der Waals surface area contributed by atoms with Crippen molar-refractivity contribution in [1.29, 1.82) is 0 Å². The molecule has 0 aromatic carbocycles. The van der Waals surface area contributed by atoms with Gasteiger partial charge in [-0.1, -0.05) is 19.8 Å². The molecule has 0 aliphatic carbocycles. The first-order chi connectivity index (χ1) is 8.26. The molecule has 4 nitrogen and oxygen atoms in total. The van der Waals surface area contributed by atoms with Crippen LogP contribution in [0.1, 0.15) is 39.0 Å². The zero-order valence-corrected chi connectivity index (χ0v) is 11.2. The van der Waals surface area contributed by atoms with Crippen LogP contribution in [0.25, 0.3) is 0 Å². The van der Waals surface area contributed by atoms with E-state index in [4.69, 9.17) is 5.73 Å². The zero-order valence-electron chi connectivity index (χ0n) is 11.2. The average Bonchev–Trinajstić information content (AvgIpc) is 2.71. The molecule has 0 amide bonds. The van der Waals surface area contributed by atoms with E-state index >= 15 is 0 Å². The molecule has 4 heteroatoms. The molecule has 0 fully saturated rings. The highest BCUT2D eigenvalue weighted by molar-refractivity contribution is 5.31. The van der Waals surface area contributed by atoms with Crippen molar-refractivity contribution in [3.05, 3.63) is 12.3 Å². The van der Waals surface area contributed by atoms with Crippen LogP contribution in [-0.2, 0) is 7.05 Å². The van der Waals surface area contributed by atoms with Gasteiger partial charge in [-0.25, -0.2) is 0 Å². The standard InChI is InChI=1S/C13H26N4/c1-3-5-12(7-9-14)6-4-10-15-13-8-11-17(2)16-13/h8,11-12H,3-7,9-10,14H2,1-2H3,(H,15,16). The minimum absolute atomic E-state index is 0.801. The Kier molecular flexibility index (Phi) is 6.70. The molecule has 0 spiro atoms. The van der Waals surface area contributed by atoms with E-state index in [1.54, 1.807) is 0 Å². The summed E-state index contributed by atoms with van der Waals surface area (Å²) in [6.07, 6.45) is 8.15. The van der Waals surface area contributed by atoms with Crippen LogP contribution in [0.2, 0.25) is 0 Å². The molecule has 1 heterocycles. The molecule has 0 aliphatic rings. The minimum atomic E-state index is 0.801. The van der Waals surface area contributed by atoms with E-state index in [1.165, 1.54) is 25.7 Å². The summed E-state index contributed by atoms with van der Waals surface area (Å²) in [6, 6.07) is 2.00. The van der Waals surface area contributed by atoms with E-state index in [2.05, 4.69) is 17.3 Å². The van der Waals surface area contributed by atoms with Gasteiger partial charge in [-0.3, -0.25) is 4.68 Å². The highest BCUT2D eigenvalue weighted by atomic mass is 15.3. The molecule has 1 rings (SSSR count). The highest BCUT2D eigenvalue weighted by Crippen LogP contribution is 2.16. The van der Waals surface area contributed by atoms with Crippen molar-refractivity contribution in [3.8, 4) is 0 Å². The van der Waals surface area contributed by atoms with Crippen molar-refractivity contribution in [1.82, 2.24) is 9.78 Å². The molecular formula is C13H26N4. The average molecular weight is 238 g/mol. The summed E-state index contributed by atoms with van der Waals surface area (Å²) < 4.78 is 1.82. The Labute approximate surface area is 105 Å². The Morgan fingerprint density at radius 1 is 1.41 bits per heavy atom. The van der Waals surface area contributed by atoms with Crippen LogP contribution in [0.5, 0.6) is 0 Å². The molecule has 0 saturated heterocycles. The summed E-state index contributed by atoms with van der Waals surface area (Å²) in [5, 5.41) is 7.63. The van der Waals surface area contributed by atoms with Crippen molar-refractivity contribution in [2.45, 2.75) is 39.0 Å². The highest BCUT2D eigenvalue weighted by Gasteiger charge is 2.06. The second-order valence-electron chi connectivity index (χ2n) is 4.68. The lowest BCUT2D eigenvalue weighted by Gasteiger charge is -2.14. The van der Waals surface area contributed by atoms with E-state index in [-0.39, 0.29) is 0 Å². The topological polar surface area (TPSA) is 55.9 Å². The van der Waals surface area contributed by atoms with Crippen LogP contribution >= 0.6 is 0 Å². The second-order valence-corrected chi connectivity index (χ2v) is 4.68. The third-order valence-electron chi connectivity index (χ3n) is 3.08. The number of hydrogen-bond donors (Lipinski definition) is 2. The maximum Gasteiger partial charge on any atom is 0.147 e. The number of anilines is 1. The molecule has 0 aliphatic heterocycles. The van der Waals surface area contributed by atoms with E-state index in [1.807, 2.05) is 24.0 Å². The predicted molar refractivity (Wildman–Crippen MR) is 73.0 cm³/mol. The molecule has 0 saturated carbocycles. The van der Waals surface area contributed by atoms with Crippen LogP contribution in [0.3, 0.4) is 0 Å². The quantitative estimate of drug-likeness (QED) is 0.649. The van der Waals surface area contributed by atoms with Gasteiger partial charge in [0.25, 0.3) is 0 Å². The summed E-state index contributed by atoms with van der Waals surface area (Å²) in [5.74, 6) is 1.77. The minimum Gasteiger partial charge on any atom is -0.369 e. The third kappa shape index (κ3) is 5.73. The Bertz CT molecular complexity index is 289. The molecule has 1 aromatic rings. The van der Waals surface area contributed by atoms with Crippen molar-refractivity contribution < 1.29 is 0 Å². The maximum absolute atomic E-state index is 5.63. The van der Waals surface area contributed by atoms with Gasteiger partial charge in [0.15, 0.2) is 0 Å². The summed E-state index contributed by atoms with van der Waals surface area (Å²) in [7, 11) is 1.93. The van der Waals surface area contributed by atoms with Crippen LogP contribution in [-0.4, -0.2) is 22.9 Å². The van der Waals surface area contributed by atoms with Gasteiger partial charge >= 0.3 is 0 Å². The molecule has 1 atom stereocenters. The van der Waals surface area contributed by atoms with Gasteiger partial charge < -0.3 is 11.1 Å². The fourth-order valence-electron chi connectivity index (χ4n) is 2.19. The van der Waals surface area contributed by atoms with Crippen LogP contribution < -0.4 is 11.1 Å². The van der Waals surface area contributed by atoms with Crippen LogP contribution in [0.4, 0.5) is 5.82 Å². The first-order valence-electron chi connectivity index (χ1n) is 6.69.